The van der Waals surface area contributed by atoms with Crippen LogP contribution in [0, 0.1) is 13.8 Å². The molecule has 0 aliphatic rings. The third kappa shape index (κ3) is 3.75. The largest absolute Gasteiger partial charge is 0.493 e. The lowest BCUT2D eigenvalue weighted by Crippen LogP contribution is -2.14. The van der Waals surface area contributed by atoms with Gasteiger partial charge in [0.2, 0.25) is 0 Å². The van der Waals surface area contributed by atoms with E-state index in [-0.39, 0.29) is 11.8 Å². The third-order valence-corrected chi connectivity index (χ3v) is 4.39. The normalized spacial score (nSPS) is 10.7. The molecule has 1 N–H and O–H groups in total. The van der Waals surface area contributed by atoms with Gasteiger partial charge in [-0.2, -0.15) is 9.97 Å². The molecule has 146 valence electrons. The quantitative estimate of drug-likeness (QED) is 0.523. The Hall–Kier alpha value is -3.87. The highest BCUT2D eigenvalue weighted by Crippen LogP contribution is 2.29. The van der Waals surface area contributed by atoms with Gasteiger partial charge < -0.3 is 19.2 Å². The summed E-state index contributed by atoms with van der Waals surface area (Å²) < 4.78 is 16.7. The molecule has 0 aliphatic heterocycles. The van der Waals surface area contributed by atoms with E-state index in [0.717, 1.165) is 5.39 Å². The van der Waals surface area contributed by atoms with Crippen LogP contribution in [0.1, 0.15) is 21.9 Å². The number of nitrogens with one attached hydrogen (secondary N) is 1. The maximum Gasteiger partial charge on any atom is 0.322 e. The van der Waals surface area contributed by atoms with E-state index in [1.54, 1.807) is 33.1 Å². The van der Waals surface area contributed by atoms with Crippen molar-refractivity contribution in [1.82, 2.24) is 9.97 Å². The summed E-state index contributed by atoms with van der Waals surface area (Å²) in [6.07, 6.45) is 0. The Bertz CT molecular complexity index is 1160. The smallest absolute Gasteiger partial charge is 0.322 e. The maximum atomic E-state index is 12.7. The average Bonchev–Trinajstić information content (AvgIpc) is 3.16. The fourth-order valence-corrected chi connectivity index (χ4v) is 2.99. The van der Waals surface area contributed by atoms with Gasteiger partial charge in [-0.25, -0.2) is 0 Å². The van der Waals surface area contributed by atoms with E-state index < -0.39 is 5.91 Å². The molecule has 0 saturated heterocycles. The number of para-hydroxylation sites is 2. The number of fused-ring (bicyclic) bond motifs is 1. The molecule has 0 unspecified atom stereocenters. The number of carbonyl (C=O) groups excluding carboxylic acids is 1. The molecule has 0 radical (unpaired) electrons. The number of rotatable bonds is 5. The predicted molar refractivity (Wildman–Crippen MR) is 109 cm³/mol. The average molecular weight is 389 g/mol. The van der Waals surface area contributed by atoms with Crippen LogP contribution in [-0.4, -0.2) is 23.0 Å². The SMILES string of the molecule is COc1cccc2cc(C(=O)Nc3c(C)nc(Oc4ccccc4)nc3C)oc12. The fraction of sp³-hybridized carbons (Fsp3) is 0.136. The first kappa shape index (κ1) is 18.5. The van der Waals surface area contributed by atoms with E-state index in [1.165, 1.54) is 0 Å². The number of hydrogen-bond donors (Lipinski definition) is 1. The van der Waals surface area contributed by atoms with Crippen molar-refractivity contribution in [3.63, 3.8) is 0 Å². The van der Waals surface area contributed by atoms with E-state index >= 15 is 0 Å². The van der Waals surface area contributed by atoms with Gasteiger partial charge in [-0.15, -0.1) is 0 Å². The highest BCUT2D eigenvalue weighted by atomic mass is 16.5. The number of anilines is 1. The Morgan fingerprint density at radius 2 is 1.72 bits per heavy atom. The topological polar surface area (TPSA) is 86.5 Å². The monoisotopic (exact) mass is 389 g/mol. The summed E-state index contributed by atoms with van der Waals surface area (Å²) in [5.74, 6) is 0.988. The van der Waals surface area contributed by atoms with Crippen LogP contribution in [0.4, 0.5) is 5.69 Å². The third-order valence-electron chi connectivity index (χ3n) is 4.39. The highest BCUT2D eigenvalue weighted by molar-refractivity contribution is 6.05. The zero-order valence-electron chi connectivity index (χ0n) is 16.2. The Balaban J connectivity index is 1.58. The standard InChI is InChI=1S/C22H19N3O4/c1-13-19(14(2)24-22(23-13)28-16-9-5-4-6-10-16)25-21(26)18-12-15-8-7-11-17(27-3)20(15)29-18/h4-12H,1-3H3,(H,25,26). The second-order valence-electron chi connectivity index (χ2n) is 6.41. The molecule has 0 bridgehead atoms. The summed E-state index contributed by atoms with van der Waals surface area (Å²) in [6.45, 7) is 3.56. The van der Waals surface area contributed by atoms with Gasteiger partial charge in [0.15, 0.2) is 17.1 Å². The second kappa shape index (κ2) is 7.63. The van der Waals surface area contributed by atoms with Crippen LogP contribution in [0.25, 0.3) is 11.0 Å². The van der Waals surface area contributed by atoms with Crippen LogP contribution in [0.5, 0.6) is 17.5 Å². The van der Waals surface area contributed by atoms with Crippen LogP contribution in [0.15, 0.2) is 59.0 Å². The van der Waals surface area contributed by atoms with Crippen LogP contribution in [0.3, 0.4) is 0 Å². The summed E-state index contributed by atoms with van der Waals surface area (Å²) in [7, 11) is 1.56. The van der Waals surface area contributed by atoms with E-state index in [1.807, 2.05) is 42.5 Å². The summed E-state index contributed by atoms with van der Waals surface area (Å²) >= 11 is 0. The predicted octanol–water partition coefficient (Wildman–Crippen LogP) is 4.89. The fourth-order valence-electron chi connectivity index (χ4n) is 2.99. The van der Waals surface area contributed by atoms with E-state index in [4.69, 9.17) is 13.9 Å². The molecule has 2 aromatic carbocycles. The van der Waals surface area contributed by atoms with Crippen molar-refractivity contribution in [2.45, 2.75) is 13.8 Å². The molecule has 4 aromatic rings. The minimum Gasteiger partial charge on any atom is -0.493 e. The van der Waals surface area contributed by atoms with Gasteiger partial charge in [0.1, 0.15) is 5.75 Å². The lowest BCUT2D eigenvalue weighted by atomic mass is 10.2. The number of aryl methyl sites for hydroxylation is 2. The van der Waals surface area contributed by atoms with Crippen molar-refractivity contribution in [3.05, 3.63) is 71.7 Å². The van der Waals surface area contributed by atoms with Crippen molar-refractivity contribution in [3.8, 4) is 17.5 Å². The van der Waals surface area contributed by atoms with Gasteiger partial charge in [0.05, 0.1) is 24.2 Å². The summed E-state index contributed by atoms with van der Waals surface area (Å²) in [4.78, 5) is 21.4. The molecular weight excluding hydrogens is 370 g/mol. The summed E-state index contributed by atoms with van der Waals surface area (Å²) in [5, 5.41) is 3.61. The van der Waals surface area contributed by atoms with Gasteiger partial charge >= 0.3 is 6.01 Å². The van der Waals surface area contributed by atoms with Gasteiger partial charge in [-0.3, -0.25) is 4.79 Å². The van der Waals surface area contributed by atoms with Gasteiger partial charge in [0, 0.05) is 5.39 Å². The van der Waals surface area contributed by atoms with Gasteiger partial charge in [-0.05, 0) is 38.1 Å². The first-order valence-electron chi connectivity index (χ1n) is 9.01. The highest BCUT2D eigenvalue weighted by Gasteiger charge is 2.18. The number of nitrogens with zero attached hydrogens (tertiary/aromatic N) is 2. The molecule has 7 nitrogen and oxygen atoms in total. The number of hydrogen-bond acceptors (Lipinski definition) is 6. The van der Waals surface area contributed by atoms with Crippen LogP contribution in [-0.2, 0) is 0 Å². The minimum absolute atomic E-state index is 0.174. The number of methoxy groups -OCH3 is 1. The van der Waals surface area contributed by atoms with Crippen LogP contribution >= 0.6 is 0 Å². The molecule has 0 spiro atoms. The Morgan fingerprint density at radius 1 is 1.00 bits per heavy atom. The number of aromatic nitrogens is 2. The molecule has 29 heavy (non-hydrogen) atoms. The summed E-state index contributed by atoms with van der Waals surface area (Å²) in [5.41, 5.74) is 2.22. The number of carbonyl (C=O) groups is 1. The Kier molecular flexibility index (Phi) is 4.87. The van der Waals surface area contributed by atoms with Gasteiger partial charge in [0.25, 0.3) is 5.91 Å². The van der Waals surface area contributed by atoms with Crippen molar-refractivity contribution < 1.29 is 18.7 Å². The lowest BCUT2D eigenvalue weighted by molar-refractivity contribution is 0.0998. The number of ether oxygens (including phenoxy) is 2. The van der Waals surface area contributed by atoms with Crippen molar-refractivity contribution in [1.29, 1.82) is 0 Å². The first-order chi connectivity index (χ1) is 14.0. The first-order valence-corrected chi connectivity index (χ1v) is 9.01. The number of benzene rings is 2. The molecular formula is C22H19N3O4. The molecule has 1 amide bonds. The van der Waals surface area contributed by atoms with Crippen molar-refractivity contribution in [2.75, 3.05) is 12.4 Å². The molecule has 2 heterocycles. The summed E-state index contributed by atoms with van der Waals surface area (Å²) in [6, 6.07) is 16.6. The minimum atomic E-state index is -0.394. The van der Waals surface area contributed by atoms with Crippen LogP contribution < -0.4 is 14.8 Å². The zero-order valence-corrected chi connectivity index (χ0v) is 16.2. The molecule has 0 saturated carbocycles. The number of furan rings is 1. The molecule has 7 heteroatoms. The second-order valence-corrected chi connectivity index (χ2v) is 6.41. The van der Waals surface area contributed by atoms with Crippen molar-refractivity contribution >= 4 is 22.6 Å². The molecule has 0 atom stereocenters. The van der Waals surface area contributed by atoms with Crippen molar-refractivity contribution in [2.24, 2.45) is 0 Å². The van der Waals surface area contributed by atoms with E-state index in [9.17, 15) is 4.79 Å². The zero-order chi connectivity index (χ0) is 20.4. The number of amides is 1. The molecule has 2 aromatic heterocycles. The van der Waals surface area contributed by atoms with Gasteiger partial charge in [-0.1, -0.05) is 30.3 Å². The molecule has 0 fully saturated rings. The molecule has 0 aliphatic carbocycles. The molecule has 4 rings (SSSR count). The van der Waals surface area contributed by atoms with Crippen LogP contribution in [0.2, 0.25) is 0 Å². The lowest BCUT2D eigenvalue weighted by Gasteiger charge is -2.11. The Morgan fingerprint density at radius 3 is 2.41 bits per heavy atom. The van der Waals surface area contributed by atoms with E-state index in [0.29, 0.717) is 34.2 Å². The Labute approximate surface area is 167 Å². The van der Waals surface area contributed by atoms with E-state index in [2.05, 4.69) is 15.3 Å². The maximum absolute atomic E-state index is 12.7.